The zero-order valence-corrected chi connectivity index (χ0v) is 16.5. The summed E-state index contributed by atoms with van der Waals surface area (Å²) in [7, 11) is 1.80. The van der Waals surface area contributed by atoms with Gasteiger partial charge in [-0.3, -0.25) is 14.5 Å². The molecule has 0 aliphatic carbocycles. The third-order valence-electron chi connectivity index (χ3n) is 5.37. The lowest BCUT2D eigenvalue weighted by molar-refractivity contribution is 0.0595. The molecule has 0 saturated carbocycles. The monoisotopic (exact) mass is 376 g/mol. The first-order valence-corrected chi connectivity index (χ1v) is 9.59. The molecule has 4 heterocycles. The number of aromatic nitrogens is 5. The van der Waals surface area contributed by atoms with E-state index in [2.05, 4.69) is 15.1 Å². The van der Waals surface area contributed by atoms with E-state index in [1.807, 2.05) is 37.2 Å². The van der Waals surface area contributed by atoms with Gasteiger partial charge in [0.05, 0.1) is 11.7 Å². The highest BCUT2D eigenvalue weighted by atomic mass is 16.2. The first-order valence-electron chi connectivity index (χ1n) is 9.59. The van der Waals surface area contributed by atoms with Gasteiger partial charge in [-0.15, -0.1) is 0 Å². The molecule has 0 radical (unpaired) electrons. The van der Waals surface area contributed by atoms with Crippen molar-refractivity contribution in [1.82, 2.24) is 29.6 Å². The summed E-state index contributed by atoms with van der Waals surface area (Å²) in [6.45, 7) is 4.64. The second-order valence-corrected chi connectivity index (χ2v) is 7.26. The Kier molecular flexibility index (Phi) is 4.90. The molecule has 0 spiro atoms. The summed E-state index contributed by atoms with van der Waals surface area (Å²) in [4.78, 5) is 28.7. The molecule has 28 heavy (non-hydrogen) atoms. The highest BCUT2D eigenvalue weighted by Crippen LogP contribution is 2.37. The third kappa shape index (κ3) is 3.28. The molecule has 7 nitrogen and oxygen atoms in total. The quantitative estimate of drug-likeness (QED) is 0.701. The lowest BCUT2D eigenvalue weighted by Crippen LogP contribution is -2.40. The highest BCUT2D eigenvalue weighted by Gasteiger charge is 2.33. The van der Waals surface area contributed by atoms with E-state index in [0.717, 1.165) is 41.6 Å². The standard InChI is InChI=1S/C21H24N6O/c1-14-12-22-9-7-16(14)17-13-23-15(2)25-20(17)18-6-4-5-11-27(18)21(28)19-8-10-24-26(19)3/h7-10,12-13,18H,4-6,11H2,1-3H3/t18-/m1/s1. The van der Waals surface area contributed by atoms with Crippen LogP contribution in [0.2, 0.25) is 0 Å². The van der Waals surface area contributed by atoms with Gasteiger partial charge in [-0.2, -0.15) is 5.10 Å². The van der Waals surface area contributed by atoms with Crippen LogP contribution in [0.25, 0.3) is 11.1 Å². The van der Waals surface area contributed by atoms with Crippen molar-refractivity contribution in [2.24, 2.45) is 7.05 Å². The van der Waals surface area contributed by atoms with Crippen LogP contribution in [-0.2, 0) is 7.05 Å². The minimum atomic E-state index is -0.0829. The van der Waals surface area contributed by atoms with Crippen molar-refractivity contribution in [2.75, 3.05) is 6.54 Å². The Bertz CT molecular complexity index is 1010. The Balaban J connectivity index is 1.80. The van der Waals surface area contributed by atoms with Crippen molar-refractivity contribution in [3.05, 3.63) is 59.7 Å². The van der Waals surface area contributed by atoms with E-state index in [0.29, 0.717) is 18.1 Å². The van der Waals surface area contributed by atoms with Crippen LogP contribution in [-0.4, -0.2) is 42.1 Å². The van der Waals surface area contributed by atoms with Gasteiger partial charge in [0.25, 0.3) is 5.91 Å². The van der Waals surface area contributed by atoms with Crippen LogP contribution in [0.1, 0.15) is 52.9 Å². The summed E-state index contributed by atoms with van der Waals surface area (Å²) < 4.78 is 1.63. The molecule has 0 unspecified atom stereocenters. The lowest BCUT2D eigenvalue weighted by Gasteiger charge is -2.36. The lowest BCUT2D eigenvalue weighted by atomic mass is 9.92. The van der Waals surface area contributed by atoms with Gasteiger partial charge < -0.3 is 4.90 Å². The second-order valence-electron chi connectivity index (χ2n) is 7.26. The number of aryl methyl sites for hydroxylation is 3. The topological polar surface area (TPSA) is 76.8 Å². The average molecular weight is 376 g/mol. The Hall–Kier alpha value is -3.09. The maximum Gasteiger partial charge on any atom is 0.272 e. The van der Waals surface area contributed by atoms with Gasteiger partial charge in [0.1, 0.15) is 11.5 Å². The van der Waals surface area contributed by atoms with E-state index in [9.17, 15) is 4.79 Å². The van der Waals surface area contributed by atoms with Crippen molar-refractivity contribution in [3.8, 4) is 11.1 Å². The fourth-order valence-corrected chi connectivity index (χ4v) is 3.91. The van der Waals surface area contributed by atoms with Crippen molar-refractivity contribution in [1.29, 1.82) is 0 Å². The summed E-state index contributed by atoms with van der Waals surface area (Å²) in [6, 6.07) is 3.68. The third-order valence-corrected chi connectivity index (χ3v) is 5.37. The van der Waals surface area contributed by atoms with Crippen LogP contribution in [0, 0.1) is 13.8 Å². The van der Waals surface area contributed by atoms with E-state index in [4.69, 9.17) is 4.98 Å². The van der Waals surface area contributed by atoms with Gasteiger partial charge in [0.2, 0.25) is 0 Å². The van der Waals surface area contributed by atoms with Crippen LogP contribution in [0.15, 0.2) is 36.9 Å². The van der Waals surface area contributed by atoms with Gasteiger partial charge >= 0.3 is 0 Å². The van der Waals surface area contributed by atoms with Crippen LogP contribution in [0.4, 0.5) is 0 Å². The summed E-state index contributed by atoms with van der Waals surface area (Å²) in [5.74, 6) is 0.710. The summed E-state index contributed by atoms with van der Waals surface area (Å²) >= 11 is 0. The number of likely N-dealkylation sites (tertiary alicyclic amines) is 1. The Morgan fingerprint density at radius 1 is 1.11 bits per heavy atom. The van der Waals surface area contributed by atoms with E-state index < -0.39 is 0 Å². The first kappa shape index (κ1) is 18.3. The van der Waals surface area contributed by atoms with Crippen LogP contribution in [0.3, 0.4) is 0 Å². The molecular weight excluding hydrogens is 352 g/mol. The first-order chi connectivity index (χ1) is 13.6. The largest absolute Gasteiger partial charge is 0.329 e. The minimum Gasteiger partial charge on any atom is -0.329 e. The number of pyridine rings is 1. The molecule has 1 atom stereocenters. The molecule has 144 valence electrons. The smallest absolute Gasteiger partial charge is 0.272 e. The Morgan fingerprint density at radius 2 is 1.96 bits per heavy atom. The number of amides is 1. The molecule has 1 aliphatic heterocycles. The van der Waals surface area contributed by atoms with Crippen molar-refractivity contribution >= 4 is 5.91 Å². The average Bonchev–Trinajstić information content (AvgIpc) is 3.14. The van der Waals surface area contributed by atoms with E-state index in [-0.39, 0.29) is 11.9 Å². The van der Waals surface area contributed by atoms with Crippen molar-refractivity contribution in [2.45, 2.75) is 39.2 Å². The number of carbonyl (C=O) groups is 1. The normalized spacial score (nSPS) is 17.0. The minimum absolute atomic E-state index is 0.00151. The molecule has 1 amide bonds. The van der Waals surface area contributed by atoms with Crippen LogP contribution >= 0.6 is 0 Å². The number of hydrogen-bond acceptors (Lipinski definition) is 5. The maximum absolute atomic E-state index is 13.3. The van der Waals surface area contributed by atoms with Gasteiger partial charge in [-0.05, 0) is 56.4 Å². The van der Waals surface area contributed by atoms with Gasteiger partial charge in [-0.25, -0.2) is 9.97 Å². The molecule has 3 aromatic rings. The summed E-state index contributed by atoms with van der Waals surface area (Å²) in [5.41, 5.74) is 4.61. The number of piperidine rings is 1. The number of nitrogens with zero attached hydrogens (tertiary/aromatic N) is 6. The van der Waals surface area contributed by atoms with Crippen molar-refractivity contribution in [3.63, 3.8) is 0 Å². The van der Waals surface area contributed by atoms with E-state index in [1.165, 1.54) is 0 Å². The molecule has 1 fully saturated rings. The molecular formula is C21H24N6O. The van der Waals surface area contributed by atoms with Gasteiger partial charge in [0.15, 0.2) is 0 Å². The number of carbonyl (C=O) groups excluding carboxylic acids is 1. The highest BCUT2D eigenvalue weighted by molar-refractivity contribution is 5.93. The predicted molar refractivity (Wildman–Crippen MR) is 106 cm³/mol. The van der Waals surface area contributed by atoms with Crippen molar-refractivity contribution < 1.29 is 4.79 Å². The molecule has 7 heteroatoms. The fraction of sp³-hybridized carbons (Fsp3) is 0.381. The van der Waals surface area contributed by atoms with E-state index in [1.54, 1.807) is 30.2 Å². The molecule has 1 aliphatic rings. The van der Waals surface area contributed by atoms with Crippen LogP contribution in [0.5, 0.6) is 0 Å². The zero-order valence-electron chi connectivity index (χ0n) is 16.5. The predicted octanol–water partition coefficient (Wildman–Crippen LogP) is 3.26. The maximum atomic E-state index is 13.3. The Labute approximate surface area is 164 Å². The van der Waals surface area contributed by atoms with E-state index >= 15 is 0 Å². The number of rotatable bonds is 3. The zero-order chi connectivity index (χ0) is 19.7. The molecule has 0 aromatic carbocycles. The molecule has 4 rings (SSSR count). The molecule has 3 aromatic heterocycles. The van der Waals surface area contributed by atoms with Crippen LogP contribution < -0.4 is 0 Å². The van der Waals surface area contributed by atoms with Gasteiger partial charge in [-0.1, -0.05) is 0 Å². The SMILES string of the molecule is Cc1ncc(-c2ccncc2C)c([C@H]2CCCCN2C(=O)c2ccnn2C)n1. The summed E-state index contributed by atoms with van der Waals surface area (Å²) in [5, 5.41) is 4.16. The Morgan fingerprint density at radius 3 is 2.71 bits per heavy atom. The second kappa shape index (κ2) is 7.50. The summed E-state index contributed by atoms with van der Waals surface area (Å²) in [6.07, 6.45) is 10.1. The molecule has 0 N–H and O–H groups in total. The molecule has 1 saturated heterocycles. The fourth-order valence-electron chi connectivity index (χ4n) is 3.91. The number of hydrogen-bond donors (Lipinski definition) is 0. The molecule has 0 bridgehead atoms. The van der Waals surface area contributed by atoms with Gasteiger partial charge in [0, 0.05) is 43.9 Å².